The van der Waals surface area contributed by atoms with Gasteiger partial charge >= 0.3 is 0 Å². The second kappa shape index (κ2) is 8.53. The Kier molecular flexibility index (Phi) is 6.35. The van der Waals surface area contributed by atoms with Crippen LogP contribution in [-0.4, -0.2) is 61.5 Å². The number of nitrogens with zero attached hydrogens (tertiary/aromatic N) is 2. The molecular weight excluding hydrogens is 348 g/mol. The van der Waals surface area contributed by atoms with Gasteiger partial charge in [-0.15, -0.1) is 11.3 Å². The van der Waals surface area contributed by atoms with Crippen molar-refractivity contribution in [2.75, 3.05) is 39.9 Å². The highest BCUT2D eigenvalue weighted by molar-refractivity contribution is 7.10. The maximum Gasteiger partial charge on any atom is 0.254 e. The molecule has 1 spiro atoms. The summed E-state index contributed by atoms with van der Waals surface area (Å²) in [5.41, 5.74) is 0.885. The molecule has 144 valence electrons. The SMILES string of the molecule is CCCc1cc(C(=O)N2CCC[C@]3(CCC(=O)N(CCOC)C3)C2)cs1. The molecule has 2 aliphatic heterocycles. The van der Waals surface area contributed by atoms with Crippen molar-refractivity contribution in [2.24, 2.45) is 5.41 Å². The van der Waals surface area contributed by atoms with Crippen LogP contribution in [-0.2, 0) is 16.0 Å². The second-order valence-electron chi connectivity index (χ2n) is 7.69. The van der Waals surface area contributed by atoms with E-state index < -0.39 is 0 Å². The molecule has 0 bridgehead atoms. The van der Waals surface area contributed by atoms with E-state index in [0.29, 0.717) is 19.6 Å². The first-order valence-electron chi connectivity index (χ1n) is 9.70. The summed E-state index contributed by atoms with van der Waals surface area (Å²) in [7, 11) is 1.67. The zero-order valence-electron chi connectivity index (χ0n) is 16.0. The number of methoxy groups -OCH3 is 1. The van der Waals surface area contributed by atoms with Crippen LogP contribution in [0.3, 0.4) is 0 Å². The Labute approximate surface area is 160 Å². The molecule has 0 saturated carbocycles. The van der Waals surface area contributed by atoms with Crippen molar-refractivity contribution in [3.63, 3.8) is 0 Å². The number of rotatable bonds is 6. The number of aryl methyl sites for hydroxylation is 1. The summed E-state index contributed by atoms with van der Waals surface area (Å²) < 4.78 is 5.15. The van der Waals surface area contributed by atoms with Crippen LogP contribution in [0.2, 0.25) is 0 Å². The molecule has 26 heavy (non-hydrogen) atoms. The molecule has 1 atom stereocenters. The highest BCUT2D eigenvalue weighted by Gasteiger charge is 2.42. The fourth-order valence-electron chi connectivity index (χ4n) is 4.27. The number of hydrogen-bond acceptors (Lipinski definition) is 4. The first kappa shape index (κ1) is 19.4. The average Bonchev–Trinajstić information content (AvgIpc) is 3.11. The quantitative estimate of drug-likeness (QED) is 0.764. The molecule has 2 saturated heterocycles. The molecule has 2 amide bonds. The van der Waals surface area contributed by atoms with E-state index in [2.05, 4.69) is 13.0 Å². The van der Waals surface area contributed by atoms with Gasteiger partial charge in [-0.25, -0.2) is 0 Å². The molecule has 0 radical (unpaired) electrons. The van der Waals surface area contributed by atoms with E-state index in [1.165, 1.54) is 4.88 Å². The van der Waals surface area contributed by atoms with Crippen molar-refractivity contribution in [2.45, 2.75) is 45.4 Å². The fourth-order valence-corrected chi connectivity index (χ4v) is 5.24. The standard InChI is InChI=1S/C20H30N2O3S/c1-3-5-17-12-16(13-26-17)19(24)22-9-4-7-20(15-22)8-6-18(23)21(14-20)10-11-25-2/h12-13H,3-11,14-15H2,1-2H3/t20-/m1/s1. The summed E-state index contributed by atoms with van der Waals surface area (Å²) in [6, 6.07) is 2.06. The van der Waals surface area contributed by atoms with Gasteiger partial charge in [-0.2, -0.15) is 0 Å². The number of piperidine rings is 2. The van der Waals surface area contributed by atoms with Gasteiger partial charge < -0.3 is 14.5 Å². The molecule has 0 N–H and O–H groups in total. The topological polar surface area (TPSA) is 49.9 Å². The Bertz CT molecular complexity index is 645. The highest BCUT2D eigenvalue weighted by atomic mass is 32.1. The van der Waals surface area contributed by atoms with Gasteiger partial charge in [0.1, 0.15) is 0 Å². The summed E-state index contributed by atoms with van der Waals surface area (Å²) in [6.45, 7) is 5.72. The van der Waals surface area contributed by atoms with Crippen LogP contribution in [0, 0.1) is 5.41 Å². The lowest BCUT2D eigenvalue weighted by atomic mass is 9.73. The average molecular weight is 379 g/mol. The van der Waals surface area contributed by atoms with Gasteiger partial charge in [-0.1, -0.05) is 13.3 Å². The lowest BCUT2D eigenvalue weighted by Gasteiger charge is -2.48. The van der Waals surface area contributed by atoms with E-state index in [1.54, 1.807) is 18.4 Å². The first-order chi connectivity index (χ1) is 12.6. The Balaban J connectivity index is 1.67. The molecule has 0 aromatic carbocycles. The van der Waals surface area contributed by atoms with Crippen molar-refractivity contribution in [1.82, 2.24) is 9.80 Å². The summed E-state index contributed by atoms with van der Waals surface area (Å²) >= 11 is 1.69. The molecule has 0 aliphatic carbocycles. The van der Waals surface area contributed by atoms with Crippen molar-refractivity contribution >= 4 is 23.2 Å². The summed E-state index contributed by atoms with van der Waals surface area (Å²) in [5, 5.41) is 2.00. The number of likely N-dealkylation sites (tertiary alicyclic amines) is 2. The van der Waals surface area contributed by atoms with Crippen molar-refractivity contribution < 1.29 is 14.3 Å². The van der Waals surface area contributed by atoms with E-state index in [1.807, 2.05) is 15.2 Å². The first-order valence-corrected chi connectivity index (χ1v) is 10.6. The number of ether oxygens (including phenoxy) is 1. The molecule has 5 nitrogen and oxygen atoms in total. The van der Waals surface area contributed by atoms with Crippen LogP contribution >= 0.6 is 11.3 Å². The van der Waals surface area contributed by atoms with Crippen LogP contribution in [0.4, 0.5) is 0 Å². The third-order valence-corrected chi connectivity index (χ3v) is 6.66. The smallest absolute Gasteiger partial charge is 0.254 e. The Hall–Kier alpha value is -1.40. The summed E-state index contributed by atoms with van der Waals surface area (Å²) in [5.74, 6) is 0.376. The van der Waals surface area contributed by atoms with E-state index in [-0.39, 0.29) is 17.2 Å². The van der Waals surface area contributed by atoms with Crippen LogP contribution in [0.1, 0.15) is 54.3 Å². The molecule has 3 rings (SSSR count). The Morgan fingerprint density at radius 3 is 2.96 bits per heavy atom. The fraction of sp³-hybridized carbons (Fsp3) is 0.700. The van der Waals surface area contributed by atoms with Crippen LogP contribution < -0.4 is 0 Å². The normalized spacial score (nSPS) is 23.7. The highest BCUT2D eigenvalue weighted by Crippen LogP contribution is 2.39. The maximum absolute atomic E-state index is 13.0. The van der Waals surface area contributed by atoms with E-state index in [0.717, 1.165) is 57.3 Å². The number of amides is 2. The van der Waals surface area contributed by atoms with Gasteiger partial charge in [-0.05, 0) is 31.7 Å². The maximum atomic E-state index is 13.0. The van der Waals surface area contributed by atoms with E-state index in [4.69, 9.17) is 4.74 Å². The molecule has 1 aromatic rings. The van der Waals surface area contributed by atoms with Gasteiger partial charge in [0.25, 0.3) is 5.91 Å². The second-order valence-corrected chi connectivity index (χ2v) is 8.69. The van der Waals surface area contributed by atoms with Crippen molar-refractivity contribution in [3.05, 3.63) is 21.9 Å². The third kappa shape index (κ3) is 4.29. The van der Waals surface area contributed by atoms with Crippen molar-refractivity contribution in [1.29, 1.82) is 0 Å². The molecule has 2 fully saturated rings. The predicted octanol–water partition coefficient (Wildman–Crippen LogP) is 3.19. The lowest BCUT2D eigenvalue weighted by Crippen LogP contribution is -2.55. The third-order valence-electron chi connectivity index (χ3n) is 5.66. The molecule has 3 heterocycles. The zero-order chi connectivity index (χ0) is 18.6. The lowest BCUT2D eigenvalue weighted by molar-refractivity contribution is -0.139. The minimum absolute atomic E-state index is 0.0534. The number of carbonyl (C=O) groups excluding carboxylic acids is 2. The summed E-state index contributed by atoms with van der Waals surface area (Å²) in [4.78, 5) is 30.5. The van der Waals surface area contributed by atoms with Gasteiger partial charge in [0.05, 0.1) is 12.2 Å². The largest absolute Gasteiger partial charge is 0.383 e. The number of hydrogen-bond donors (Lipinski definition) is 0. The van der Waals surface area contributed by atoms with Gasteiger partial charge in [-0.3, -0.25) is 9.59 Å². The molecule has 2 aliphatic rings. The predicted molar refractivity (Wildman–Crippen MR) is 104 cm³/mol. The van der Waals surface area contributed by atoms with Crippen LogP contribution in [0.25, 0.3) is 0 Å². The Morgan fingerprint density at radius 2 is 2.19 bits per heavy atom. The minimum atomic E-state index is 0.0534. The molecule has 6 heteroatoms. The Morgan fingerprint density at radius 1 is 1.35 bits per heavy atom. The molecular formula is C20H30N2O3S. The van der Waals surface area contributed by atoms with E-state index >= 15 is 0 Å². The number of carbonyl (C=O) groups is 2. The minimum Gasteiger partial charge on any atom is -0.383 e. The van der Waals surface area contributed by atoms with Crippen LogP contribution in [0.5, 0.6) is 0 Å². The van der Waals surface area contributed by atoms with Gasteiger partial charge in [0, 0.05) is 55.4 Å². The zero-order valence-corrected chi connectivity index (χ0v) is 16.8. The van der Waals surface area contributed by atoms with E-state index in [9.17, 15) is 9.59 Å². The van der Waals surface area contributed by atoms with Crippen LogP contribution in [0.15, 0.2) is 11.4 Å². The molecule has 1 aromatic heterocycles. The van der Waals surface area contributed by atoms with Gasteiger partial charge in [0.2, 0.25) is 5.91 Å². The summed E-state index contributed by atoms with van der Waals surface area (Å²) in [6.07, 6.45) is 5.74. The van der Waals surface area contributed by atoms with Crippen molar-refractivity contribution in [3.8, 4) is 0 Å². The molecule has 0 unspecified atom stereocenters. The number of thiophene rings is 1. The monoisotopic (exact) mass is 378 g/mol. The van der Waals surface area contributed by atoms with Gasteiger partial charge in [0.15, 0.2) is 0 Å².